The quantitative estimate of drug-likeness (QED) is 0.472. The Kier molecular flexibility index (Phi) is 5.01. The van der Waals surface area contributed by atoms with Crippen molar-refractivity contribution in [1.29, 1.82) is 0 Å². The molecule has 0 radical (unpaired) electrons. The second-order valence-electron chi connectivity index (χ2n) is 4.27. The topological polar surface area (TPSA) is 116 Å². The van der Waals surface area contributed by atoms with Gasteiger partial charge in [-0.2, -0.15) is 4.73 Å². The number of primary sulfonamides is 1. The monoisotopic (exact) mass is 339 g/mol. The number of nitrogens with zero attached hydrogens (tertiary/aromatic N) is 1. The van der Waals surface area contributed by atoms with Crippen molar-refractivity contribution in [1.82, 2.24) is 0 Å². The highest BCUT2D eigenvalue weighted by Gasteiger charge is 2.11. The number of amides is 1. The van der Waals surface area contributed by atoms with Gasteiger partial charge in [0.15, 0.2) is 6.20 Å². The normalized spacial score (nSPS) is 11.1. The van der Waals surface area contributed by atoms with E-state index in [1.165, 1.54) is 24.4 Å². The number of thioether (sulfide) groups is 1. The van der Waals surface area contributed by atoms with Crippen molar-refractivity contribution in [2.75, 3.05) is 11.1 Å². The van der Waals surface area contributed by atoms with Gasteiger partial charge >= 0.3 is 0 Å². The van der Waals surface area contributed by atoms with Crippen LogP contribution < -0.4 is 15.2 Å². The standard InChI is InChI=1S/C13H13N3O4S2/c14-22(19,20)11-5-3-4-10(8-11)15-12(17)9-21-13-6-1-2-7-16(13)18/h1-8H,9H2,(H,15,17)(H2,14,19,20). The van der Waals surface area contributed by atoms with Gasteiger partial charge < -0.3 is 10.5 Å². The summed E-state index contributed by atoms with van der Waals surface area (Å²) in [7, 11) is -3.82. The van der Waals surface area contributed by atoms with E-state index >= 15 is 0 Å². The fourth-order valence-electron chi connectivity index (χ4n) is 1.61. The summed E-state index contributed by atoms with van der Waals surface area (Å²) in [6, 6.07) is 10.5. The number of benzene rings is 1. The van der Waals surface area contributed by atoms with Gasteiger partial charge in [0.25, 0.3) is 5.03 Å². The Morgan fingerprint density at radius 2 is 2.05 bits per heavy atom. The maximum atomic E-state index is 11.8. The second kappa shape index (κ2) is 6.77. The fraction of sp³-hybridized carbons (Fsp3) is 0.0769. The Morgan fingerprint density at radius 1 is 1.27 bits per heavy atom. The van der Waals surface area contributed by atoms with E-state index < -0.39 is 10.0 Å². The number of sulfonamides is 1. The van der Waals surface area contributed by atoms with Crippen LogP contribution in [0, 0.1) is 5.21 Å². The van der Waals surface area contributed by atoms with E-state index in [1.807, 2.05) is 0 Å². The molecule has 0 spiro atoms. The third-order valence-corrected chi connectivity index (χ3v) is 4.52. The number of hydrogen-bond acceptors (Lipinski definition) is 5. The van der Waals surface area contributed by atoms with Crippen molar-refractivity contribution in [3.63, 3.8) is 0 Å². The lowest BCUT2D eigenvalue weighted by Crippen LogP contribution is -2.28. The van der Waals surface area contributed by atoms with Gasteiger partial charge in [-0.05, 0) is 36.0 Å². The lowest BCUT2D eigenvalue weighted by Gasteiger charge is -2.06. The fourth-order valence-corrected chi connectivity index (χ4v) is 2.89. The molecule has 0 saturated carbocycles. The number of carbonyl (C=O) groups excluding carboxylic acids is 1. The Labute approximate surface area is 131 Å². The van der Waals surface area contributed by atoms with E-state index in [0.29, 0.717) is 15.4 Å². The largest absolute Gasteiger partial charge is 0.618 e. The van der Waals surface area contributed by atoms with Crippen LogP contribution in [0.15, 0.2) is 58.6 Å². The van der Waals surface area contributed by atoms with Crippen molar-refractivity contribution in [3.8, 4) is 0 Å². The molecule has 0 fully saturated rings. The molecule has 22 heavy (non-hydrogen) atoms. The molecule has 0 aliphatic heterocycles. The third-order valence-electron chi connectivity index (χ3n) is 2.59. The molecular formula is C13H13N3O4S2. The molecule has 3 N–H and O–H groups in total. The van der Waals surface area contributed by atoms with Gasteiger partial charge in [-0.25, -0.2) is 13.6 Å². The molecular weight excluding hydrogens is 326 g/mol. The maximum Gasteiger partial charge on any atom is 0.251 e. The van der Waals surface area contributed by atoms with Crippen LogP contribution in [0.25, 0.3) is 0 Å². The summed E-state index contributed by atoms with van der Waals surface area (Å²) >= 11 is 1.08. The van der Waals surface area contributed by atoms with Crippen LogP contribution in [0.2, 0.25) is 0 Å². The molecule has 0 aliphatic carbocycles. The second-order valence-corrected chi connectivity index (χ2v) is 6.83. The van der Waals surface area contributed by atoms with Crippen LogP contribution in [0.1, 0.15) is 0 Å². The summed E-state index contributed by atoms with van der Waals surface area (Å²) in [6.07, 6.45) is 1.34. The molecule has 0 atom stereocenters. The zero-order chi connectivity index (χ0) is 16.2. The van der Waals surface area contributed by atoms with Gasteiger partial charge in [-0.1, -0.05) is 6.07 Å². The van der Waals surface area contributed by atoms with Crippen molar-refractivity contribution >= 4 is 33.4 Å². The molecule has 116 valence electrons. The highest BCUT2D eigenvalue weighted by Crippen LogP contribution is 2.16. The molecule has 1 amide bonds. The van der Waals surface area contributed by atoms with Crippen LogP contribution in [-0.2, 0) is 14.8 Å². The van der Waals surface area contributed by atoms with Crippen LogP contribution in [-0.4, -0.2) is 20.1 Å². The Morgan fingerprint density at radius 3 is 2.73 bits per heavy atom. The van der Waals surface area contributed by atoms with E-state index in [-0.39, 0.29) is 16.6 Å². The zero-order valence-electron chi connectivity index (χ0n) is 11.3. The molecule has 0 saturated heterocycles. The minimum Gasteiger partial charge on any atom is -0.618 e. The van der Waals surface area contributed by atoms with Gasteiger partial charge in [0, 0.05) is 17.8 Å². The summed E-state index contributed by atoms with van der Waals surface area (Å²) in [5, 5.41) is 19.4. The molecule has 9 heteroatoms. The first-order chi connectivity index (χ1) is 10.4. The number of aromatic nitrogens is 1. The van der Waals surface area contributed by atoms with E-state index in [1.54, 1.807) is 24.3 Å². The number of hydrogen-bond donors (Lipinski definition) is 2. The van der Waals surface area contributed by atoms with Crippen molar-refractivity contribution in [2.45, 2.75) is 9.92 Å². The van der Waals surface area contributed by atoms with Crippen molar-refractivity contribution in [2.24, 2.45) is 5.14 Å². The van der Waals surface area contributed by atoms with E-state index in [2.05, 4.69) is 5.32 Å². The summed E-state index contributed by atoms with van der Waals surface area (Å²) in [5.41, 5.74) is 0.320. The first kappa shape index (κ1) is 16.3. The summed E-state index contributed by atoms with van der Waals surface area (Å²) in [6.45, 7) is 0. The average Bonchev–Trinajstić information content (AvgIpc) is 2.46. The molecule has 7 nitrogen and oxygen atoms in total. The number of anilines is 1. The van der Waals surface area contributed by atoms with Crippen molar-refractivity contribution < 1.29 is 17.9 Å². The molecule has 0 unspecified atom stereocenters. The predicted octanol–water partition coefficient (Wildman–Crippen LogP) is 0.698. The Bertz CT molecular complexity index is 793. The molecule has 1 aromatic carbocycles. The van der Waals surface area contributed by atoms with Gasteiger partial charge in [0.2, 0.25) is 15.9 Å². The highest BCUT2D eigenvalue weighted by atomic mass is 32.2. The number of carbonyl (C=O) groups is 1. The van der Waals surface area contributed by atoms with Gasteiger partial charge in [0.05, 0.1) is 10.6 Å². The maximum absolute atomic E-state index is 11.8. The van der Waals surface area contributed by atoms with E-state index in [9.17, 15) is 18.4 Å². The van der Waals surface area contributed by atoms with Crippen LogP contribution in [0.3, 0.4) is 0 Å². The lowest BCUT2D eigenvalue weighted by molar-refractivity contribution is -0.645. The van der Waals surface area contributed by atoms with Crippen LogP contribution in [0.5, 0.6) is 0 Å². The number of pyridine rings is 1. The minimum absolute atomic E-state index is 0.0197. The first-order valence-corrected chi connectivity index (χ1v) is 8.63. The first-order valence-electron chi connectivity index (χ1n) is 6.10. The summed E-state index contributed by atoms with van der Waals surface area (Å²) < 4.78 is 23.2. The highest BCUT2D eigenvalue weighted by molar-refractivity contribution is 7.99. The summed E-state index contributed by atoms with van der Waals surface area (Å²) in [5.74, 6) is -0.341. The average molecular weight is 339 g/mol. The third kappa shape index (κ3) is 4.45. The van der Waals surface area contributed by atoms with Gasteiger partial charge in [-0.15, -0.1) is 0 Å². The van der Waals surface area contributed by atoms with Crippen LogP contribution >= 0.6 is 11.8 Å². The van der Waals surface area contributed by atoms with Gasteiger partial charge in [-0.3, -0.25) is 4.79 Å². The molecule has 0 bridgehead atoms. The number of nitrogens with one attached hydrogen (secondary N) is 1. The minimum atomic E-state index is -3.82. The number of nitrogens with two attached hydrogens (primary N) is 1. The lowest BCUT2D eigenvalue weighted by atomic mass is 10.3. The zero-order valence-corrected chi connectivity index (χ0v) is 12.9. The molecule has 2 rings (SSSR count). The molecule has 1 heterocycles. The molecule has 1 aromatic heterocycles. The smallest absolute Gasteiger partial charge is 0.251 e. The SMILES string of the molecule is NS(=O)(=O)c1cccc(NC(=O)CSc2cccc[n+]2[O-])c1. The Hall–Kier alpha value is -2.10. The molecule has 0 aliphatic rings. The van der Waals surface area contributed by atoms with E-state index in [0.717, 1.165) is 11.8 Å². The van der Waals surface area contributed by atoms with Gasteiger partial charge in [0.1, 0.15) is 0 Å². The number of rotatable bonds is 5. The van der Waals surface area contributed by atoms with E-state index in [4.69, 9.17) is 5.14 Å². The molecule has 2 aromatic rings. The Balaban J connectivity index is 2.00. The van der Waals surface area contributed by atoms with Crippen molar-refractivity contribution in [3.05, 3.63) is 53.9 Å². The predicted molar refractivity (Wildman–Crippen MR) is 82.6 cm³/mol. The summed E-state index contributed by atoms with van der Waals surface area (Å²) in [4.78, 5) is 11.7. The van der Waals surface area contributed by atoms with Crippen LogP contribution in [0.4, 0.5) is 5.69 Å².